The average molecular weight is 391 g/mol. The average Bonchev–Trinajstić information content (AvgIpc) is 2.56. The third-order valence-corrected chi connectivity index (χ3v) is 4.17. The summed E-state index contributed by atoms with van der Waals surface area (Å²) in [4.78, 5) is 31.0. The number of halogens is 2. The molecule has 24 heavy (non-hydrogen) atoms. The molecular formula is C17H12BrFN2O3. The lowest BCUT2D eigenvalue weighted by Gasteiger charge is -2.07. The van der Waals surface area contributed by atoms with E-state index in [1.165, 1.54) is 12.1 Å². The molecule has 0 saturated heterocycles. The third kappa shape index (κ3) is 3.21. The van der Waals surface area contributed by atoms with Gasteiger partial charge in [-0.25, -0.2) is 14.2 Å². The first-order chi connectivity index (χ1) is 11.5. The van der Waals surface area contributed by atoms with Crippen LogP contribution in [0.2, 0.25) is 0 Å². The molecule has 122 valence electrons. The number of H-pyrrole nitrogens is 1. The van der Waals surface area contributed by atoms with Crippen molar-refractivity contribution in [2.45, 2.75) is 13.5 Å². The minimum Gasteiger partial charge on any atom is -0.454 e. The summed E-state index contributed by atoms with van der Waals surface area (Å²) in [6.45, 7) is 1.62. The zero-order chi connectivity index (χ0) is 17.3. The molecule has 0 radical (unpaired) electrons. The highest BCUT2D eigenvalue weighted by atomic mass is 79.9. The van der Waals surface area contributed by atoms with Crippen LogP contribution in [-0.2, 0) is 11.3 Å². The Kier molecular flexibility index (Phi) is 4.44. The number of hydrogen-bond donors (Lipinski definition) is 1. The van der Waals surface area contributed by atoms with Crippen LogP contribution in [-0.4, -0.2) is 15.9 Å². The maximum Gasteiger partial charge on any atom is 0.339 e. The Balaban J connectivity index is 1.86. The van der Waals surface area contributed by atoms with Crippen molar-refractivity contribution in [2.75, 3.05) is 0 Å². The summed E-state index contributed by atoms with van der Waals surface area (Å²) < 4.78 is 18.8. The van der Waals surface area contributed by atoms with Gasteiger partial charge in [-0.3, -0.25) is 4.79 Å². The number of rotatable bonds is 3. The molecule has 3 aromatic rings. The molecule has 1 aromatic heterocycles. The van der Waals surface area contributed by atoms with Crippen LogP contribution < -0.4 is 5.56 Å². The lowest BCUT2D eigenvalue weighted by molar-refractivity contribution is 0.0460. The predicted molar refractivity (Wildman–Crippen MR) is 90.3 cm³/mol. The van der Waals surface area contributed by atoms with Gasteiger partial charge in [0.05, 0.1) is 16.5 Å². The molecular weight excluding hydrogens is 379 g/mol. The van der Waals surface area contributed by atoms with Crippen molar-refractivity contribution in [3.05, 3.63) is 74.0 Å². The van der Waals surface area contributed by atoms with Crippen LogP contribution in [0.1, 0.15) is 21.7 Å². The number of para-hydroxylation sites is 1. The van der Waals surface area contributed by atoms with E-state index in [9.17, 15) is 14.0 Å². The normalized spacial score (nSPS) is 10.8. The van der Waals surface area contributed by atoms with E-state index < -0.39 is 11.8 Å². The SMILES string of the molecule is Cc1cccc2c(=O)[nH]c(COC(=O)c3cc(F)ccc3Br)nc12. The van der Waals surface area contributed by atoms with Gasteiger partial charge in [0, 0.05) is 4.47 Å². The van der Waals surface area contributed by atoms with Gasteiger partial charge in [0.1, 0.15) is 18.2 Å². The van der Waals surface area contributed by atoms with Gasteiger partial charge in [-0.2, -0.15) is 0 Å². The van der Waals surface area contributed by atoms with Crippen molar-refractivity contribution in [2.24, 2.45) is 0 Å². The van der Waals surface area contributed by atoms with E-state index in [-0.39, 0.29) is 23.6 Å². The second-order valence-corrected chi connectivity index (χ2v) is 6.04. The predicted octanol–water partition coefficient (Wildman–Crippen LogP) is 3.49. The van der Waals surface area contributed by atoms with Crippen LogP contribution in [0.3, 0.4) is 0 Å². The number of aromatic nitrogens is 2. The standard InChI is InChI=1S/C17H12BrFN2O3/c1-9-3-2-4-11-15(9)20-14(21-16(11)22)8-24-17(23)12-7-10(19)5-6-13(12)18/h2-7H,8H2,1H3,(H,20,21,22). The van der Waals surface area contributed by atoms with Crippen molar-refractivity contribution in [1.82, 2.24) is 9.97 Å². The van der Waals surface area contributed by atoms with E-state index in [0.29, 0.717) is 15.4 Å². The van der Waals surface area contributed by atoms with Crippen LogP contribution in [0.5, 0.6) is 0 Å². The maximum atomic E-state index is 13.3. The number of carbonyl (C=O) groups is 1. The van der Waals surface area contributed by atoms with E-state index in [4.69, 9.17) is 4.74 Å². The molecule has 0 amide bonds. The molecule has 1 heterocycles. The monoisotopic (exact) mass is 390 g/mol. The summed E-state index contributed by atoms with van der Waals surface area (Å²) in [5, 5.41) is 0.470. The molecule has 0 saturated carbocycles. The molecule has 7 heteroatoms. The van der Waals surface area contributed by atoms with Gasteiger partial charge >= 0.3 is 5.97 Å². The highest BCUT2D eigenvalue weighted by Crippen LogP contribution is 2.19. The Hall–Kier alpha value is -2.54. The third-order valence-electron chi connectivity index (χ3n) is 3.48. The molecule has 1 N–H and O–H groups in total. The molecule has 0 spiro atoms. The van der Waals surface area contributed by atoms with Gasteiger partial charge < -0.3 is 9.72 Å². The van der Waals surface area contributed by atoms with Gasteiger partial charge in [-0.05, 0) is 52.7 Å². The van der Waals surface area contributed by atoms with E-state index in [0.717, 1.165) is 11.6 Å². The summed E-state index contributed by atoms with van der Waals surface area (Å²) in [6.07, 6.45) is 0. The highest BCUT2D eigenvalue weighted by Gasteiger charge is 2.14. The van der Waals surface area contributed by atoms with E-state index in [1.807, 2.05) is 13.0 Å². The van der Waals surface area contributed by atoms with Crippen molar-refractivity contribution >= 4 is 32.8 Å². The Bertz CT molecular complexity index is 1000. The molecule has 0 bridgehead atoms. The van der Waals surface area contributed by atoms with Crippen LogP contribution in [0.4, 0.5) is 4.39 Å². The fourth-order valence-corrected chi connectivity index (χ4v) is 2.69. The molecule has 3 rings (SSSR count). The molecule has 0 unspecified atom stereocenters. The zero-order valence-electron chi connectivity index (χ0n) is 12.6. The number of hydrogen-bond acceptors (Lipinski definition) is 4. The number of aromatic amines is 1. The Morgan fingerprint density at radius 2 is 2.12 bits per heavy atom. The summed E-state index contributed by atoms with van der Waals surface area (Å²) in [5.74, 6) is -1.03. The number of ether oxygens (including phenoxy) is 1. The number of esters is 1. The maximum absolute atomic E-state index is 13.3. The fourth-order valence-electron chi connectivity index (χ4n) is 2.29. The van der Waals surface area contributed by atoms with Gasteiger partial charge in [0.25, 0.3) is 5.56 Å². The Morgan fingerprint density at radius 1 is 1.33 bits per heavy atom. The lowest BCUT2D eigenvalue weighted by atomic mass is 10.1. The van der Waals surface area contributed by atoms with Crippen molar-refractivity contribution in [3.63, 3.8) is 0 Å². The number of carbonyl (C=O) groups excluding carboxylic acids is 1. The quantitative estimate of drug-likeness (QED) is 0.694. The smallest absolute Gasteiger partial charge is 0.339 e. The first kappa shape index (κ1) is 16.3. The first-order valence-corrected chi connectivity index (χ1v) is 7.85. The van der Waals surface area contributed by atoms with Crippen molar-refractivity contribution in [1.29, 1.82) is 0 Å². The van der Waals surface area contributed by atoms with Crippen LogP contribution in [0, 0.1) is 12.7 Å². The minimum absolute atomic E-state index is 0.0642. The highest BCUT2D eigenvalue weighted by molar-refractivity contribution is 9.10. The van der Waals surface area contributed by atoms with Crippen LogP contribution >= 0.6 is 15.9 Å². The van der Waals surface area contributed by atoms with Crippen molar-refractivity contribution < 1.29 is 13.9 Å². The second-order valence-electron chi connectivity index (χ2n) is 5.18. The molecule has 2 aromatic carbocycles. The number of fused-ring (bicyclic) bond motifs is 1. The largest absolute Gasteiger partial charge is 0.454 e. The minimum atomic E-state index is -0.714. The van der Waals surface area contributed by atoms with Gasteiger partial charge in [-0.1, -0.05) is 12.1 Å². The van der Waals surface area contributed by atoms with Crippen LogP contribution in [0.25, 0.3) is 10.9 Å². The van der Waals surface area contributed by atoms with Crippen LogP contribution in [0.15, 0.2) is 45.7 Å². The molecule has 0 aliphatic rings. The number of nitrogens with zero attached hydrogens (tertiary/aromatic N) is 1. The molecule has 0 fully saturated rings. The summed E-state index contributed by atoms with van der Waals surface area (Å²) >= 11 is 3.17. The lowest BCUT2D eigenvalue weighted by Crippen LogP contribution is -2.15. The topological polar surface area (TPSA) is 72.1 Å². The number of aryl methyl sites for hydroxylation is 1. The summed E-state index contributed by atoms with van der Waals surface area (Å²) in [6, 6.07) is 9.02. The number of nitrogens with one attached hydrogen (secondary N) is 1. The van der Waals surface area contributed by atoms with Gasteiger partial charge in [0.15, 0.2) is 0 Å². The van der Waals surface area contributed by atoms with Gasteiger partial charge in [0.2, 0.25) is 0 Å². The summed E-state index contributed by atoms with van der Waals surface area (Å²) in [5.41, 5.74) is 1.16. The molecule has 0 aliphatic heterocycles. The first-order valence-electron chi connectivity index (χ1n) is 7.06. The van der Waals surface area contributed by atoms with E-state index in [1.54, 1.807) is 12.1 Å². The van der Waals surface area contributed by atoms with E-state index >= 15 is 0 Å². The van der Waals surface area contributed by atoms with Crippen molar-refractivity contribution in [3.8, 4) is 0 Å². The second kappa shape index (κ2) is 6.52. The fraction of sp³-hybridized carbons (Fsp3) is 0.118. The Morgan fingerprint density at radius 3 is 2.92 bits per heavy atom. The molecule has 0 atom stereocenters. The molecule has 0 aliphatic carbocycles. The van der Waals surface area contributed by atoms with Gasteiger partial charge in [-0.15, -0.1) is 0 Å². The molecule has 5 nitrogen and oxygen atoms in total. The van der Waals surface area contributed by atoms with E-state index in [2.05, 4.69) is 25.9 Å². The number of benzene rings is 2. The zero-order valence-corrected chi connectivity index (χ0v) is 14.2. The summed E-state index contributed by atoms with van der Waals surface area (Å²) in [7, 11) is 0. The Labute approximate surface area is 144 Å².